The zero-order valence-corrected chi connectivity index (χ0v) is 10.2. The lowest BCUT2D eigenvalue weighted by molar-refractivity contribution is -0.141. The van der Waals surface area contributed by atoms with E-state index in [-0.39, 0.29) is 18.5 Å². The molecule has 0 aromatic heterocycles. The standard InChI is InChI=1S/C10H18N2O3S/c1-2-7(10(14)15)5-12-9(13)8-6-16-4-3-11-8/h7-8,11H,2-6H2,1H3,(H,12,13)(H,14,15). The van der Waals surface area contributed by atoms with E-state index in [9.17, 15) is 9.59 Å². The third kappa shape index (κ3) is 4.02. The zero-order chi connectivity index (χ0) is 12.0. The number of nitrogens with one attached hydrogen (secondary N) is 2. The molecule has 0 saturated carbocycles. The highest BCUT2D eigenvalue weighted by Crippen LogP contribution is 2.08. The van der Waals surface area contributed by atoms with E-state index in [1.807, 2.05) is 0 Å². The lowest BCUT2D eigenvalue weighted by atomic mass is 10.1. The predicted molar refractivity (Wildman–Crippen MR) is 63.5 cm³/mol. The van der Waals surface area contributed by atoms with Gasteiger partial charge in [-0.15, -0.1) is 0 Å². The number of amides is 1. The number of carboxylic acids is 1. The van der Waals surface area contributed by atoms with Crippen molar-refractivity contribution in [3.05, 3.63) is 0 Å². The van der Waals surface area contributed by atoms with Gasteiger partial charge in [0.05, 0.1) is 12.0 Å². The van der Waals surface area contributed by atoms with Gasteiger partial charge < -0.3 is 15.7 Å². The van der Waals surface area contributed by atoms with E-state index in [4.69, 9.17) is 5.11 Å². The number of rotatable bonds is 5. The van der Waals surface area contributed by atoms with Crippen molar-refractivity contribution in [3.8, 4) is 0 Å². The summed E-state index contributed by atoms with van der Waals surface area (Å²) < 4.78 is 0. The zero-order valence-electron chi connectivity index (χ0n) is 9.36. The first-order chi connectivity index (χ1) is 7.65. The van der Waals surface area contributed by atoms with Crippen molar-refractivity contribution >= 4 is 23.6 Å². The van der Waals surface area contributed by atoms with E-state index in [1.165, 1.54) is 0 Å². The van der Waals surface area contributed by atoms with E-state index in [0.29, 0.717) is 6.42 Å². The maximum absolute atomic E-state index is 11.7. The first-order valence-electron chi connectivity index (χ1n) is 5.46. The monoisotopic (exact) mass is 246 g/mol. The summed E-state index contributed by atoms with van der Waals surface area (Å²) in [5, 5.41) is 14.6. The topological polar surface area (TPSA) is 78.4 Å². The summed E-state index contributed by atoms with van der Waals surface area (Å²) in [7, 11) is 0. The minimum atomic E-state index is -0.853. The second-order valence-electron chi connectivity index (χ2n) is 3.77. The van der Waals surface area contributed by atoms with Gasteiger partial charge in [0.2, 0.25) is 5.91 Å². The summed E-state index contributed by atoms with van der Waals surface area (Å²) in [6, 6.07) is -0.176. The number of thioether (sulfide) groups is 1. The quantitative estimate of drug-likeness (QED) is 0.632. The molecule has 1 saturated heterocycles. The van der Waals surface area contributed by atoms with Crippen LogP contribution >= 0.6 is 11.8 Å². The maximum Gasteiger partial charge on any atom is 0.308 e. The first-order valence-corrected chi connectivity index (χ1v) is 6.62. The Labute approximate surface area is 99.4 Å². The summed E-state index contributed by atoms with van der Waals surface area (Å²) >= 11 is 1.74. The summed E-state index contributed by atoms with van der Waals surface area (Å²) in [5.74, 6) is 0.354. The van der Waals surface area contributed by atoms with E-state index in [2.05, 4.69) is 10.6 Å². The number of hydrogen-bond donors (Lipinski definition) is 3. The summed E-state index contributed by atoms with van der Waals surface area (Å²) in [5.41, 5.74) is 0. The van der Waals surface area contributed by atoms with Crippen LogP contribution in [0.1, 0.15) is 13.3 Å². The predicted octanol–water partition coefficient (Wildman–Crippen LogP) is -0.0816. The molecule has 0 spiro atoms. The molecule has 2 unspecified atom stereocenters. The SMILES string of the molecule is CCC(CNC(=O)C1CSCCN1)C(=O)O. The van der Waals surface area contributed by atoms with Crippen molar-refractivity contribution < 1.29 is 14.7 Å². The van der Waals surface area contributed by atoms with Gasteiger partial charge in [0.25, 0.3) is 0 Å². The maximum atomic E-state index is 11.7. The van der Waals surface area contributed by atoms with Crippen LogP contribution < -0.4 is 10.6 Å². The molecule has 5 nitrogen and oxygen atoms in total. The fraction of sp³-hybridized carbons (Fsp3) is 0.800. The molecule has 0 aliphatic carbocycles. The largest absolute Gasteiger partial charge is 0.481 e. The molecule has 1 fully saturated rings. The number of aliphatic carboxylic acids is 1. The summed E-state index contributed by atoms with van der Waals surface area (Å²) in [6.07, 6.45) is 0.530. The molecule has 1 amide bonds. The Morgan fingerprint density at radius 1 is 1.62 bits per heavy atom. The van der Waals surface area contributed by atoms with Crippen LogP contribution in [0, 0.1) is 5.92 Å². The molecule has 0 bridgehead atoms. The van der Waals surface area contributed by atoms with Gasteiger partial charge >= 0.3 is 5.97 Å². The Morgan fingerprint density at radius 3 is 2.88 bits per heavy atom. The van der Waals surface area contributed by atoms with Crippen LogP contribution in [0.5, 0.6) is 0 Å². The summed E-state index contributed by atoms with van der Waals surface area (Å²) in [6.45, 7) is 2.85. The summed E-state index contributed by atoms with van der Waals surface area (Å²) in [4.78, 5) is 22.4. The average molecular weight is 246 g/mol. The molecule has 0 aromatic rings. The molecular formula is C10H18N2O3S. The van der Waals surface area contributed by atoms with Gasteiger partial charge in [-0.1, -0.05) is 6.92 Å². The van der Waals surface area contributed by atoms with Crippen LogP contribution in [0.2, 0.25) is 0 Å². The van der Waals surface area contributed by atoms with Gasteiger partial charge in [0, 0.05) is 24.6 Å². The molecule has 2 atom stereocenters. The molecule has 0 radical (unpaired) electrons. The van der Waals surface area contributed by atoms with E-state index in [0.717, 1.165) is 18.1 Å². The van der Waals surface area contributed by atoms with Crippen LogP contribution in [0.4, 0.5) is 0 Å². The highest BCUT2D eigenvalue weighted by Gasteiger charge is 2.22. The van der Waals surface area contributed by atoms with Crippen molar-refractivity contribution in [2.75, 3.05) is 24.6 Å². The van der Waals surface area contributed by atoms with Gasteiger partial charge in [-0.25, -0.2) is 0 Å². The van der Waals surface area contributed by atoms with Crippen molar-refractivity contribution in [3.63, 3.8) is 0 Å². The minimum Gasteiger partial charge on any atom is -0.481 e. The lowest BCUT2D eigenvalue weighted by Crippen LogP contribution is -2.50. The fourth-order valence-corrected chi connectivity index (χ4v) is 2.42. The molecule has 92 valence electrons. The number of carbonyl (C=O) groups is 2. The molecule has 1 rings (SSSR count). The highest BCUT2D eigenvalue weighted by molar-refractivity contribution is 7.99. The minimum absolute atomic E-state index is 0.0908. The van der Waals surface area contributed by atoms with Gasteiger partial charge in [-0.2, -0.15) is 11.8 Å². The van der Waals surface area contributed by atoms with Crippen molar-refractivity contribution in [2.24, 2.45) is 5.92 Å². The van der Waals surface area contributed by atoms with E-state index in [1.54, 1.807) is 18.7 Å². The van der Waals surface area contributed by atoms with Crippen LogP contribution in [-0.4, -0.2) is 47.6 Å². The van der Waals surface area contributed by atoms with Crippen LogP contribution in [0.3, 0.4) is 0 Å². The second-order valence-corrected chi connectivity index (χ2v) is 4.92. The Kier molecular flexibility index (Phi) is 5.62. The van der Waals surface area contributed by atoms with Crippen LogP contribution in [0.15, 0.2) is 0 Å². The Bertz CT molecular complexity index is 254. The number of hydrogen-bond acceptors (Lipinski definition) is 4. The molecule has 1 aliphatic heterocycles. The normalized spacial score (nSPS) is 22.4. The lowest BCUT2D eigenvalue weighted by Gasteiger charge is -2.22. The third-order valence-electron chi connectivity index (χ3n) is 2.60. The smallest absolute Gasteiger partial charge is 0.308 e. The number of carbonyl (C=O) groups excluding carboxylic acids is 1. The Hall–Kier alpha value is -0.750. The molecule has 16 heavy (non-hydrogen) atoms. The molecule has 0 aromatic carbocycles. The van der Waals surface area contributed by atoms with E-state index >= 15 is 0 Å². The van der Waals surface area contributed by atoms with Crippen molar-refractivity contribution in [2.45, 2.75) is 19.4 Å². The van der Waals surface area contributed by atoms with Crippen LogP contribution in [-0.2, 0) is 9.59 Å². The Balaban J connectivity index is 2.30. The molecule has 3 N–H and O–H groups in total. The van der Waals surface area contributed by atoms with Crippen molar-refractivity contribution in [1.82, 2.24) is 10.6 Å². The molecule has 1 aliphatic rings. The van der Waals surface area contributed by atoms with Crippen molar-refractivity contribution in [1.29, 1.82) is 0 Å². The highest BCUT2D eigenvalue weighted by atomic mass is 32.2. The van der Waals surface area contributed by atoms with Crippen LogP contribution in [0.25, 0.3) is 0 Å². The molecule has 1 heterocycles. The fourth-order valence-electron chi connectivity index (χ4n) is 1.49. The van der Waals surface area contributed by atoms with E-state index < -0.39 is 11.9 Å². The second kappa shape index (κ2) is 6.75. The number of carboxylic acid groups (broad SMARTS) is 1. The third-order valence-corrected chi connectivity index (χ3v) is 3.66. The van der Waals surface area contributed by atoms with Gasteiger partial charge in [-0.3, -0.25) is 9.59 Å². The average Bonchev–Trinajstić information content (AvgIpc) is 2.30. The molecular weight excluding hydrogens is 228 g/mol. The van der Waals surface area contributed by atoms with Gasteiger partial charge in [0.15, 0.2) is 0 Å². The van der Waals surface area contributed by atoms with Gasteiger partial charge in [0.1, 0.15) is 0 Å². The molecule has 6 heteroatoms. The first kappa shape index (κ1) is 13.3. The Morgan fingerprint density at radius 2 is 2.38 bits per heavy atom. The van der Waals surface area contributed by atoms with Gasteiger partial charge in [-0.05, 0) is 6.42 Å².